The molecule has 0 amide bonds. The number of ether oxygens (including phenoxy) is 3. The van der Waals surface area contributed by atoms with Gasteiger partial charge in [-0.25, -0.2) is 4.98 Å². The lowest BCUT2D eigenvalue weighted by atomic mass is 10.0. The molecule has 2 aromatic carbocycles. The van der Waals surface area contributed by atoms with Crippen LogP contribution in [0.5, 0.6) is 5.88 Å². The van der Waals surface area contributed by atoms with Crippen LogP contribution in [-0.4, -0.2) is 71.2 Å². The van der Waals surface area contributed by atoms with Crippen LogP contribution in [0.25, 0.3) is 33.4 Å². The molecule has 2 aliphatic rings. The molecule has 1 unspecified atom stereocenters. The van der Waals surface area contributed by atoms with Crippen molar-refractivity contribution in [2.75, 3.05) is 20.3 Å². The van der Waals surface area contributed by atoms with E-state index in [4.69, 9.17) is 35.9 Å². The number of aliphatic hydroxyl groups excluding tert-OH is 2. The number of hydrogen-bond donors (Lipinski definition) is 3. The smallest absolute Gasteiger partial charge is 0.204 e. The van der Waals surface area contributed by atoms with Crippen molar-refractivity contribution in [2.24, 2.45) is 0 Å². The number of aldehydes is 1. The summed E-state index contributed by atoms with van der Waals surface area (Å²) in [7, 11) is 1.00. The predicted octanol–water partition coefficient (Wildman–Crippen LogP) is 4.90. The third-order valence-electron chi connectivity index (χ3n) is 6.36. The van der Waals surface area contributed by atoms with E-state index in [-0.39, 0.29) is 19.1 Å². The average Bonchev–Trinajstić information content (AvgIpc) is 3.65. The fraction of sp³-hybridized carbons (Fsp3) is 0.310. The molecule has 2 fully saturated rings. The van der Waals surface area contributed by atoms with Gasteiger partial charge in [-0.2, -0.15) is 0 Å². The van der Waals surface area contributed by atoms with Gasteiger partial charge >= 0.3 is 0 Å². The van der Waals surface area contributed by atoms with Gasteiger partial charge in [-0.1, -0.05) is 80.0 Å². The molecule has 2 aliphatic heterocycles. The van der Waals surface area contributed by atoms with E-state index >= 15 is 0 Å². The lowest BCUT2D eigenvalue weighted by Crippen LogP contribution is -2.34. The quantitative estimate of drug-likeness (QED) is 0.309. The molecule has 38 heavy (non-hydrogen) atoms. The minimum absolute atomic E-state index is 0.200. The van der Waals surface area contributed by atoms with Gasteiger partial charge in [-0.15, -0.1) is 0 Å². The lowest BCUT2D eigenvalue weighted by Gasteiger charge is -2.17. The first kappa shape index (κ1) is 27.8. The zero-order valence-electron chi connectivity index (χ0n) is 21.4. The Labute approximate surface area is 226 Å². The molecule has 3 N–H and O–H groups in total. The van der Waals surface area contributed by atoms with E-state index in [2.05, 4.69) is 17.1 Å². The maximum Gasteiger partial charge on any atom is 0.204 e. The summed E-state index contributed by atoms with van der Waals surface area (Å²) in [6, 6.07) is 19.8. The van der Waals surface area contributed by atoms with E-state index in [1.165, 1.54) is 0 Å². The van der Waals surface area contributed by atoms with Crippen LogP contribution in [0, 0.1) is 0 Å². The molecule has 200 valence electrons. The molecular weight excluding hydrogens is 508 g/mol. The number of aliphatic hydroxyl groups is 2. The summed E-state index contributed by atoms with van der Waals surface area (Å²) in [5, 5.41) is 17.4. The summed E-state index contributed by atoms with van der Waals surface area (Å²) >= 11 is 6.58. The molecule has 0 bridgehead atoms. The Morgan fingerprint density at radius 3 is 2.29 bits per heavy atom. The Morgan fingerprint density at radius 2 is 1.61 bits per heavy atom. The molecule has 2 saturated heterocycles. The molecule has 8 nitrogen and oxygen atoms in total. The SMILES string of the molecule is CC.CO.O=Cc1c(O[C@@H]2COC3[C@H](O)CO[C@@H]32)[nH]c2cc(Cl)c(-c3ccc(-c4ccccc4)cc3)nc12. The van der Waals surface area contributed by atoms with Gasteiger partial charge < -0.3 is 29.4 Å². The summed E-state index contributed by atoms with van der Waals surface area (Å²) in [5.74, 6) is 0.282. The summed E-state index contributed by atoms with van der Waals surface area (Å²) < 4.78 is 17.3. The fourth-order valence-corrected chi connectivity index (χ4v) is 4.90. The molecule has 9 heteroatoms. The first-order chi connectivity index (χ1) is 18.6. The third kappa shape index (κ3) is 5.32. The second-order valence-electron chi connectivity index (χ2n) is 8.46. The lowest BCUT2D eigenvalue weighted by molar-refractivity contribution is 0.00784. The molecule has 0 saturated carbocycles. The topological polar surface area (TPSA) is 114 Å². The summed E-state index contributed by atoms with van der Waals surface area (Å²) in [6.45, 7) is 4.46. The van der Waals surface area contributed by atoms with Crippen LogP contribution >= 0.6 is 11.6 Å². The highest BCUT2D eigenvalue weighted by Crippen LogP contribution is 2.36. The maximum absolute atomic E-state index is 12.0. The number of carbonyl (C=O) groups excluding carboxylic acids is 1. The number of H-pyrrole nitrogens is 1. The Bertz CT molecular complexity index is 1360. The van der Waals surface area contributed by atoms with Gasteiger partial charge in [-0.3, -0.25) is 4.79 Å². The molecule has 0 spiro atoms. The van der Waals surface area contributed by atoms with E-state index in [1.807, 2.05) is 56.3 Å². The Morgan fingerprint density at radius 1 is 0.974 bits per heavy atom. The van der Waals surface area contributed by atoms with Crippen molar-refractivity contribution >= 4 is 28.9 Å². The molecular formula is C29H31ClN2O6. The van der Waals surface area contributed by atoms with Crippen LogP contribution in [0.4, 0.5) is 0 Å². The minimum Gasteiger partial charge on any atom is -0.470 e. The Hall–Kier alpha value is -3.27. The predicted molar refractivity (Wildman–Crippen MR) is 147 cm³/mol. The number of fused-ring (bicyclic) bond motifs is 2. The highest BCUT2D eigenvalue weighted by molar-refractivity contribution is 6.33. The van der Waals surface area contributed by atoms with Crippen molar-refractivity contribution in [1.29, 1.82) is 0 Å². The Kier molecular flexibility index (Phi) is 9.14. The second-order valence-corrected chi connectivity index (χ2v) is 8.87. The van der Waals surface area contributed by atoms with Crippen molar-refractivity contribution in [3.05, 3.63) is 71.2 Å². The van der Waals surface area contributed by atoms with E-state index in [1.54, 1.807) is 6.07 Å². The number of pyridine rings is 1. The highest BCUT2D eigenvalue weighted by atomic mass is 35.5. The first-order valence-corrected chi connectivity index (χ1v) is 12.9. The highest BCUT2D eigenvalue weighted by Gasteiger charge is 2.48. The van der Waals surface area contributed by atoms with E-state index < -0.39 is 24.4 Å². The number of aromatic amines is 1. The summed E-state index contributed by atoms with van der Waals surface area (Å²) in [5.41, 5.74) is 4.99. The van der Waals surface area contributed by atoms with Crippen LogP contribution in [0.15, 0.2) is 60.7 Å². The number of carbonyl (C=O) groups is 1. The van der Waals surface area contributed by atoms with Crippen molar-refractivity contribution in [3.63, 3.8) is 0 Å². The minimum atomic E-state index is -0.678. The zero-order chi connectivity index (χ0) is 27.2. The number of hydrogen-bond acceptors (Lipinski definition) is 7. The van der Waals surface area contributed by atoms with Crippen LogP contribution in [0.2, 0.25) is 5.02 Å². The van der Waals surface area contributed by atoms with Gasteiger partial charge in [0.05, 0.1) is 29.4 Å². The van der Waals surface area contributed by atoms with Crippen molar-refractivity contribution in [1.82, 2.24) is 9.97 Å². The van der Waals surface area contributed by atoms with Gasteiger partial charge in [0, 0.05) is 12.7 Å². The summed E-state index contributed by atoms with van der Waals surface area (Å²) in [4.78, 5) is 19.8. The second kappa shape index (κ2) is 12.5. The molecule has 2 aromatic heterocycles. The van der Waals surface area contributed by atoms with Crippen LogP contribution in [0.1, 0.15) is 24.2 Å². The molecule has 4 aromatic rings. The van der Waals surface area contributed by atoms with Gasteiger partial charge in [-0.05, 0) is 17.2 Å². The molecule has 6 rings (SSSR count). The number of benzene rings is 2. The van der Waals surface area contributed by atoms with Gasteiger partial charge in [0.1, 0.15) is 29.4 Å². The maximum atomic E-state index is 12.0. The number of halogens is 1. The van der Waals surface area contributed by atoms with E-state index in [0.29, 0.717) is 27.3 Å². The van der Waals surface area contributed by atoms with Crippen LogP contribution in [-0.2, 0) is 9.47 Å². The fourth-order valence-electron chi connectivity index (χ4n) is 4.64. The van der Waals surface area contributed by atoms with Crippen molar-refractivity contribution < 1.29 is 29.2 Å². The first-order valence-electron chi connectivity index (χ1n) is 12.5. The van der Waals surface area contributed by atoms with Gasteiger partial charge in [0.25, 0.3) is 0 Å². The van der Waals surface area contributed by atoms with Crippen LogP contribution in [0.3, 0.4) is 0 Å². The van der Waals surface area contributed by atoms with E-state index in [0.717, 1.165) is 30.1 Å². The standard InChI is InChI=1S/C26H21ClN2O5.C2H6.CH4O/c27-18-10-19-23(29-22(18)16-8-6-15(7-9-16)14-4-2-1-3-5-14)17(11-30)26(28-19)34-21-13-33-24-20(31)12-32-25(21)24;2*1-2/h1-11,20-21,24-25,28,31H,12-13H2;1-2H3;2H,1H3/t20-,21-,24?,25-;;/m1../s1. The average molecular weight is 539 g/mol. The summed E-state index contributed by atoms with van der Waals surface area (Å²) in [6.07, 6.45) is -1.23. The number of rotatable bonds is 5. The largest absolute Gasteiger partial charge is 0.470 e. The third-order valence-corrected chi connectivity index (χ3v) is 6.65. The molecule has 0 radical (unpaired) electrons. The van der Waals surface area contributed by atoms with E-state index in [9.17, 15) is 9.90 Å². The number of nitrogens with one attached hydrogen (secondary N) is 1. The van der Waals surface area contributed by atoms with Gasteiger partial charge in [0.15, 0.2) is 12.4 Å². The van der Waals surface area contributed by atoms with Crippen LogP contribution < -0.4 is 4.74 Å². The van der Waals surface area contributed by atoms with Gasteiger partial charge in [0.2, 0.25) is 5.88 Å². The Balaban J connectivity index is 0.000000804. The zero-order valence-corrected chi connectivity index (χ0v) is 22.2. The van der Waals surface area contributed by atoms with Crippen molar-refractivity contribution in [3.8, 4) is 28.3 Å². The normalized spacial score (nSPS) is 21.6. The molecule has 0 aliphatic carbocycles. The number of nitrogens with zero attached hydrogens (tertiary/aromatic N) is 1. The monoisotopic (exact) mass is 538 g/mol. The molecule has 4 heterocycles. The van der Waals surface area contributed by atoms with Crippen molar-refractivity contribution in [2.45, 2.75) is 38.3 Å². The number of aromatic nitrogens is 2. The molecule has 4 atom stereocenters.